The van der Waals surface area contributed by atoms with E-state index in [0.717, 1.165) is 22.6 Å². The summed E-state index contributed by atoms with van der Waals surface area (Å²) in [5.41, 5.74) is 6.18. The fourth-order valence-electron chi connectivity index (χ4n) is 3.10. The van der Waals surface area contributed by atoms with E-state index in [2.05, 4.69) is 63.5 Å². The minimum atomic E-state index is 0.858. The summed E-state index contributed by atoms with van der Waals surface area (Å²) in [5.74, 6) is 0. The van der Waals surface area contributed by atoms with Gasteiger partial charge in [0, 0.05) is 24.2 Å². The molecule has 0 aliphatic heterocycles. The predicted molar refractivity (Wildman–Crippen MR) is 123 cm³/mol. The van der Waals surface area contributed by atoms with E-state index in [9.17, 15) is 0 Å². The Morgan fingerprint density at radius 2 is 0.867 bits per heavy atom. The van der Waals surface area contributed by atoms with Crippen LogP contribution in [0.4, 0.5) is 0 Å². The molecule has 30 heavy (non-hydrogen) atoms. The van der Waals surface area contributed by atoms with E-state index in [4.69, 9.17) is 0 Å². The van der Waals surface area contributed by atoms with E-state index in [-0.39, 0.29) is 0 Å². The summed E-state index contributed by atoms with van der Waals surface area (Å²) in [6.45, 7) is 0. The van der Waals surface area contributed by atoms with Crippen LogP contribution in [0.5, 0.6) is 0 Å². The lowest BCUT2D eigenvalue weighted by Crippen LogP contribution is -1.92. The zero-order valence-electron chi connectivity index (χ0n) is 16.5. The van der Waals surface area contributed by atoms with Gasteiger partial charge in [-0.1, -0.05) is 72.8 Å². The molecule has 0 aliphatic rings. The van der Waals surface area contributed by atoms with Gasteiger partial charge in [0.15, 0.2) is 0 Å². The van der Waals surface area contributed by atoms with Crippen LogP contribution in [-0.2, 0) is 0 Å². The Balaban J connectivity index is 0.000000158. The van der Waals surface area contributed by atoms with E-state index in [1.807, 2.05) is 60.7 Å². The van der Waals surface area contributed by atoms with Gasteiger partial charge < -0.3 is 0 Å². The lowest BCUT2D eigenvalue weighted by atomic mass is 10.1. The fraction of sp³-hybridized carbons (Fsp3) is 0. The van der Waals surface area contributed by atoms with Crippen molar-refractivity contribution >= 4 is 0 Å². The Bertz CT molecular complexity index is 1060. The molecule has 0 bridgehead atoms. The smallest absolute Gasteiger partial charge is 0.0980 e. The van der Waals surface area contributed by atoms with E-state index < -0.39 is 0 Å². The van der Waals surface area contributed by atoms with Crippen molar-refractivity contribution in [2.45, 2.75) is 0 Å². The van der Waals surface area contributed by atoms with Crippen molar-refractivity contribution in [3.05, 3.63) is 128 Å². The highest BCUT2D eigenvalue weighted by Gasteiger charge is 2.09. The van der Waals surface area contributed by atoms with Crippen molar-refractivity contribution in [1.82, 2.24) is 15.0 Å². The quantitative estimate of drug-likeness (QED) is 0.352. The summed E-state index contributed by atoms with van der Waals surface area (Å²) in [4.78, 5) is 13.1. The van der Waals surface area contributed by atoms with Gasteiger partial charge >= 0.3 is 0 Å². The lowest BCUT2D eigenvalue weighted by Gasteiger charge is -2.06. The van der Waals surface area contributed by atoms with Crippen LogP contribution in [0.2, 0.25) is 0 Å². The third-order valence-corrected chi connectivity index (χ3v) is 4.54. The van der Waals surface area contributed by atoms with Gasteiger partial charge in [0.2, 0.25) is 0 Å². The Morgan fingerprint density at radius 1 is 0.367 bits per heavy atom. The second-order valence-corrected chi connectivity index (χ2v) is 6.56. The molecule has 5 rings (SSSR count). The van der Waals surface area contributed by atoms with Crippen molar-refractivity contribution in [3.63, 3.8) is 0 Å². The SMILES string of the molecule is c1ccc(-c2ccccc2)cc1.c1ccc(-c2cccnc2-c2ccccn2)nc1. The van der Waals surface area contributed by atoms with Crippen molar-refractivity contribution in [2.75, 3.05) is 0 Å². The molecule has 0 amide bonds. The highest BCUT2D eigenvalue weighted by molar-refractivity contribution is 5.76. The largest absolute Gasteiger partial charge is 0.256 e. The molecule has 0 atom stereocenters. The molecule has 0 fully saturated rings. The number of hydrogen-bond acceptors (Lipinski definition) is 3. The van der Waals surface area contributed by atoms with E-state index >= 15 is 0 Å². The molecule has 0 aliphatic carbocycles. The first-order valence-electron chi connectivity index (χ1n) is 9.80. The van der Waals surface area contributed by atoms with Crippen LogP contribution in [0.15, 0.2) is 128 Å². The van der Waals surface area contributed by atoms with E-state index in [1.54, 1.807) is 18.6 Å². The summed E-state index contributed by atoms with van der Waals surface area (Å²) < 4.78 is 0. The van der Waals surface area contributed by atoms with Crippen LogP contribution in [0.25, 0.3) is 33.8 Å². The maximum absolute atomic E-state index is 4.42. The molecule has 0 N–H and O–H groups in total. The molecular weight excluding hydrogens is 366 g/mol. The maximum atomic E-state index is 4.42. The first kappa shape index (κ1) is 19.2. The number of nitrogens with zero attached hydrogens (tertiary/aromatic N) is 3. The van der Waals surface area contributed by atoms with Crippen molar-refractivity contribution in [1.29, 1.82) is 0 Å². The highest BCUT2D eigenvalue weighted by Crippen LogP contribution is 2.26. The summed E-state index contributed by atoms with van der Waals surface area (Å²) in [7, 11) is 0. The maximum Gasteiger partial charge on any atom is 0.0980 e. The molecule has 5 aromatic rings. The Kier molecular flexibility index (Phi) is 6.34. The molecule has 3 heteroatoms. The second-order valence-electron chi connectivity index (χ2n) is 6.56. The number of pyridine rings is 3. The average Bonchev–Trinajstić information content (AvgIpc) is 2.87. The standard InChI is InChI=1S/C15H11N3.C12H10/c1-3-9-16-13(7-1)12-6-5-11-18-15(12)14-8-2-4-10-17-14;1-3-7-11(8-4-1)12-9-5-2-6-10-12/h1-11H;1-10H. The van der Waals surface area contributed by atoms with Crippen LogP contribution >= 0.6 is 0 Å². The summed E-state index contributed by atoms with van der Waals surface area (Å²) >= 11 is 0. The van der Waals surface area contributed by atoms with Crippen LogP contribution in [0.1, 0.15) is 0 Å². The zero-order valence-corrected chi connectivity index (χ0v) is 16.5. The van der Waals surface area contributed by atoms with Crippen molar-refractivity contribution < 1.29 is 0 Å². The van der Waals surface area contributed by atoms with E-state index in [1.165, 1.54) is 11.1 Å². The molecular formula is C27H21N3. The lowest BCUT2D eigenvalue weighted by molar-refractivity contribution is 1.23. The van der Waals surface area contributed by atoms with Gasteiger partial charge in [-0.3, -0.25) is 15.0 Å². The van der Waals surface area contributed by atoms with Gasteiger partial charge in [-0.05, 0) is 47.5 Å². The van der Waals surface area contributed by atoms with Crippen LogP contribution in [-0.4, -0.2) is 15.0 Å². The molecule has 2 aromatic carbocycles. The van der Waals surface area contributed by atoms with Crippen molar-refractivity contribution in [3.8, 4) is 33.8 Å². The third kappa shape index (κ3) is 4.83. The number of rotatable bonds is 3. The molecule has 0 radical (unpaired) electrons. The zero-order chi connectivity index (χ0) is 20.4. The highest BCUT2D eigenvalue weighted by atomic mass is 14.8. The van der Waals surface area contributed by atoms with Crippen LogP contribution in [0.3, 0.4) is 0 Å². The molecule has 144 valence electrons. The minimum Gasteiger partial charge on any atom is -0.256 e. The van der Waals surface area contributed by atoms with Crippen molar-refractivity contribution in [2.24, 2.45) is 0 Å². The molecule has 0 spiro atoms. The Labute approximate surface area is 176 Å². The normalized spacial score (nSPS) is 10.0. The van der Waals surface area contributed by atoms with Crippen LogP contribution in [0, 0.1) is 0 Å². The van der Waals surface area contributed by atoms with Gasteiger partial charge in [0.05, 0.1) is 17.1 Å². The third-order valence-electron chi connectivity index (χ3n) is 4.54. The minimum absolute atomic E-state index is 0.858. The summed E-state index contributed by atoms with van der Waals surface area (Å²) in [5, 5.41) is 0. The van der Waals surface area contributed by atoms with Crippen LogP contribution < -0.4 is 0 Å². The van der Waals surface area contributed by atoms with Gasteiger partial charge in [-0.25, -0.2) is 0 Å². The Morgan fingerprint density at radius 3 is 1.40 bits per heavy atom. The predicted octanol–water partition coefficient (Wildman–Crippen LogP) is 6.56. The fourth-order valence-corrected chi connectivity index (χ4v) is 3.10. The summed E-state index contributed by atoms with van der Waals surface area (Å²) in [6, 6.07) is 36.4. The first-order chi connectivity index (χ1) is 14.9. The second kappa shape index (κ2) is 9.89. The van der Waals surface area contributed by atoms with E-state index in [0.29, 0.717) is 0 Å². The monoisotopic (exact) mass is 387 g/mol. The number of benzene rings is 2. The van der Waals surface area contributed by atoms with Gasteiger partial charge in [-0.15, -0.1) is 0 Å². The average molecular weight is 387 g/mol. The topological polar surface area (TPSA) is 38.7 Å². The number of aromatic nitrogens is 3. The summed E-state index contributed by atoms with van der Waals surface area (Å²) in [6.07, 6.45) is 5.33. The molecule has 0 saturated heterocycles. The van der Waals surface area contributed by atoms with Gasteiger partial charge in [0.25, 0.3) is 0 Å². The molecule has 3 aromatic heterocycles. The molecule has 3 heterocycles. The molecule has 0 unspecified atom stereocenters. The molecule has 3 nitrogen and oxygen atoms in total. The first-order valence-corrected chi connectivity index (χ1v) is 9.80. The van der Waals surface area contributed by atoms with Gasteiger partial charge in [0.1, 0.15) is 0 Å². The molecule has 0 saturated carbocycles. The Hall–Kier alpha value is -4.11. The number of hydrogen-bond donors (Lipinski definition) is 0. The van der Waals surface area contributed by atoms with Gasteiger partial charge in [-0.2, -0.15) is 0 Å².